The summed E-state index contributed by atoms with van der Waals surface area (Å²) in [6, 6.07) is 30.0. The minimum Gasteiger partial charge on any atom is -0.310 e. The molecule has 0 atom stereocenters. The molecule has 6 rings (SSSR count). The van der Waals surface area contributed by atoms with E-state index in [4.69, 9.17) is 0 Å². The van der Waals surface area contributed by atoms with Crippen molar-refractivity contribution in [1.29, 1.82) is 0 Å². The Labute approximate surface area is 235 Å². The molecule has 0 aliphatic heterocycles. The molecule has 0 bridgehead atoms. The van der Waals surface area contributed by atoms with Crippen molar-refractivity contribution >= 4 is 17.1 Å². The van der Waals surface area contributed by atoms with Gasteiger partial charge in [0.2, 0.25) is 0 Å². The summed E-state index contributed by atoms with van der Waals surface area (Å²) in [5, 5.41) is 0. The summed E-state index contributed by atoms with van der Waals surface area (Å²) >= 11 is 0. The van der Waals surface area contributed by atoms with Gasteiger partial charge in [0.05, 0.1) is 5.69 Å². The Kier molecular flexibility index (Phi) is 5.39. The molecule has 0 saturated carbocycles. The molecule has 4 aromatic carbocycles. The molecule has 0 fully saturated rings. The number of hydrogen-bond acceptors (Lipinski definition) is 1. The largest absolute Gasteiger partial charge is 0.310 e. The van der Waals surface area contributed by atoms with Crippen LogP contribution < -0.4 is 4.90 Å². The topological polar surface area (TPSA) is 3.24 Å². The quantitative estimate of drug-likeness (QED) is 0.263. The van der Waals surface area contributed by atoms with Crippen molar-refractivity contribution < 1.29 is 0 Å². The van der Waals surface area contributed by atoms with E-state index < -0.39 is 0 Å². The molecule has 0 radical (unpaired) electrons. The number of benzene rings is 4. The van der Waals surface area contributed by atoms with Crippen molar-refractivity contribution in [2.24, 2.45) is 5.41 Å². The maximum atomic E-state index is 2.58. The van der Waals surface area contributed by atoms with Crippen molar-refractivity contribution in [2.45, 2.75) is 85.5 Å². The highest BCUT2D eigenvalue weighted by Gasteiger charge is 2.57. The number of nitrogens with zero attached hydrogens (tertiary/aromatic N) is 1. The molecule has 200 valence electrons. The summed E-state index contributed by atoms with van der Waals surface area (Å²) in [6.07, 6.45) is 0. The van der Waals surface area contributed by atoms with E-state index in [9.17, 15) is 0 Å². The molecule has 4 aromatic rings. The Morgan fingerprint density at radius 2 is 1.00 bits per heavy atom. The average molecular weight is 514 g/mol. The van der Waals surface area contributed by atoms with Crippen molar-refractivity contribution in [3.8, 4) is 11.1 Å². The first kappa shape index (κ1) is 25.9. The van der Waals surface area contributed by atoms with Gasteiger partial charge in [0.15, 0.2) is 0 Å². The smallest absolute Gasteiger partial charge is 0.0543 e. The summed E-state index contributed by atoms with van der Waals surface area (Å²) in [4.78, 5) is 2.45. The van der Waals surface area contributed by atoms with Crippen LogP contribution in [-0.2, 0) is 16.2 Å². The van der Waals surface area contributed by atoms with Gasteiger partial charge in [-0.05, 0) is 94.3 Å². The minimum atomic E-state index is -0.0745. The van der Waals surface area contributed by atoms with E-state index in [2.05, 4.69) is 153 Å². The molecule has 39 heavy (non-hydrogen) atoms. The van der Waals surface area contributed by atoms with Gasteiger partial charge in [0.1, 0.15) is 0 Å². The van der Waals surface area contributed by atoms with Gasteiger partial charge in [-0.1, -0.05) is 109 Å². The third kappa shape index (κ3) is 3.38. The van der Waals surface area contributed by atoms with E-state index in [-0.39, 0.29) is 21.7 Å². The number of hydrogen-bond donors (Lipinski definition) is 0. The van der Waals surface area contributed by atoms with Crippen LogP contribution in [-0.4, -0.2) is 0 Å². The summed E-state index contributed by atoms with van der Waals surface area (Å²) in [6.45, 7) is 23.8. The molecule has 0 saturated heterocycles. The van der Waals surface area contributed by atoms with Crippen molar-refractivity contribution in [2.75, 3.05) is 4.90 Å². The maximum Gasteiger partial charge on any atom is 0.0543 e. The minimum absolute atomic E-state index is 0.0658. The van der Waals surface area contributed by atoms with Crippen LogP contribution in [0.2, 0.25) is 0 Å². The average Bonchev–Trinajstić information content (AvgIpc) is 3.17. The summed E-state index contributed by atoms with van der Waals surface area (Å²) < 4.78 is 0. The molecule has 2 aliphatic rings. The van der Waals surface area contributed by atoms with E-state index in [1.807, 2.05) is 0 Å². The second kappa shape index (κ2) is 8.10. The Balaban J connectivity index is 1.66. The van der Waals surface area contributed by atoms with Crippen LogP contribution in [0.5, 0.6) is 0 Å². The van der Waals surface area contributed by atoms with Crippen LogP contribution in [0.15, 0.2) is 78.9 Å². The third-order valence-corrected chi connectivity index (χ3v) is 11.1. The number of rotatable bonds is 3. The van der Waals surface area contributed by atoms with Crippen LogP contribution in [0.1, 0.15) is 88.8 Å². The van der Waals surface area contributed by atoms with E-state index in [0.29, 0.717) is 0 Å². The zero-order valence-electron chi connectivity index (χ0n) is 25.5. The molecule has 0 N–H and O–H groups in total. The molecule has 0 aromatic heterocycles. The molecule has 1 nitrogen and oxygen atoms in total. The summed E-state index contributed by atoms with van der Waals surface area (Å²) in [7, 11) is 0. The van der Waals surface area contributed by atoms with Gasteiger partial charge in [-0.3, -0.25) is 0 Å². The van der Waals surface area contributed by atoms with Crippen LogP contribution >= 0.6 is 0 Å². The van der Waals surface area contributed by atoms with Crippen molar-refractivity contribution in [3.05, 3.63) is 112 Å². The molecule has 0 heterocycles. The van der Waals surface area contributed by atoms with Gasteiger partial charge in [0, 0.05) is 22.4 Å². The van der Waals surface area contributed by atoms with E-state index in [1.165, 1.54) is 61.6 Å². The molecule has 0 spiro atoms. The lowest BCUT2D eigenvalue weighted by molar-refractivity contribution is 0.125. The molecule has 0 unspecified atom stereocenters. The molecule has 2 aliphatic carbocycles. The Morgan fingerprint density at radius 1 is 0.513 bits per heavy atom. The summed E-state index contributed by atoms with van der Waals surface area (Å²) in [5.41, 5.74) is 15.1. The Bertz CT molecular complexity index is 1550. The predicted octanol–water partition coefficient (Wildman–Crippen LogP) is 10.7. The zero-order valence-corrected chi connectivity index (χ0v) is 25.5. The second-order valence-electron chi connectivity index (χ2n) is 14.1. The molecular formula is C38H43N. The van der Waals surface area contributed by atoms with Crippen LogP contribution in [0.3, 0.4) is 0 Å². The maximum absolute atomic E-state index is 2.58. The first-order chi connectivity index (χ1) is 18.2. The van der Waals surface area contributed by atoms with E-state index in [1.54, 1.807) is 0 Å². The fourth-order valence-electron chi connectivity index (χ4n) is 7.30. The van der Waals surface area contributed by atoms with Gasteiger partial charge in [-0.2, -0.15) is 0 Å². The third-order valence-electron chi connectivity index (χ3n) is 11.1. The number of aryl methyl sites for hydroxylation is 2. The van der Waals surface area contributed by atoms with Crippen molar-refractivity contribution in [3.63, 3.8) is 0 Å². The first-order valence-corrected chi connectivity index (χ1v) is 14.5. The van der Waals surface area contributed by atoms with Gasteiger partial charge in [-0.15, -0.1) is 0 Å². The van der Waals surface area contributed by atoms with E-state index >= 15 is 0 Å². The zero-order chi connectivity index (χ0) is 28.1. The lowest BCUT2D eigenvalue weighted by Gasteiger charge is -2.44. The van der Waals surface area contributed by atoms with Crippen molar-refractivity contribution in [1.82, 2.24) is 0 Å². The number of anilines is 3. The van der Waals surface area contributed by atoms with Gasteiger partial charge in [-0.25, -0.2) is 0 Å². The summed E-state index contributed by atoms with van der Waals surface area (Å²) in [5.74, 6) is 0. The molecule has 1 heteroatoms. The fraction of sp³-hybridized carbons (Fsp3) is 0.368. The highest BCUT2D eigenvalue weighted by atomic mass is 15.1. The van der Waals surface area contributed by atoms with Crippen LogP contribution in [0, 0.1) is 19.3 Å². The number of fused-ring (bicyclic) bond motifs is 4. The lowest BCUT2D eigenvalue weighted by atomic mass is 9.59. The van der Waals surface area contributed by atoms with Gasteiger partial charge >= 0.3 is 0 Å². The van der Waals surface area contributed by atoms with E-state index in [0.717, 1.165) is 0 Å². The first-order valence-electron chi connectivity index (χ1n) is 14.5. The highest BCUT2D eigenvalue weighted by molar-refractivity contribution is 5.95. The van der Waals surface area contributed by atoms with Gasteiger partial charge in [0.25, 0.3) is 0 Å². The predicted molar refractivity (Wildman–Crippen MR) is 168 cm³/mol. The second-order valence-corrected chi connectivity index (χ2v) is 14.1. The molecular weight excluding hydrogens is 470 g/mol. The highest BCUT2D eigenvalue weighted by Crippen LogP contribution is 2.64. The monoisotopic (exact) mass is 513 g/mol. The fourth-order valence-corrected chi connectivity index (χ4v) is 7.30. The Hall–Kier alpha value is -3.32. The van der Waals surface area contributed by atoms with Crippen LogP contribution in [0.4, 0.5) is 17.1 Å². The lowest BCUT2D eigenvalue weighted by Crippen LogP contribution is -2.42. The Morgan fingerprint density at radius 3 is 1.51 bits per heavy atom. The SMILES string of the molecule is Cc1ccc(N(c2ccc(C)cc2)c2cccc3c2-c2cc4c(cc2C3(C)C)C(C)(C)C(C)(C)C4(C)C)cc1. The normalized spacial score (nSPS) is 18.8. The molecule has 0 amide bonds. The standard InChI is InChI=1S/C38H43N/c1-24-14-18-26(19-15-24)39(27-20-16-25(2)17-21-27)33-13-11-12-29-34(33)28-22-31-32(23-30(28)35(29,3)4)37(7,8)38(9,10)36(31,5)6/h11-23H,1-10H3. The van der Waals surface area contributed by atoms with Crippen LogP contribution in [0.25, 0.3) is 11.1 Å². The van der Waals surface area contributed by atoms with Gasteiger partial charge < -0.3 is 4.90 Å².